The van der Waals surface area contributed by atoms with Gasteiger partial charge in [0.15, 0.2) is 0 Å². The van der Waals surface area contributed by atoms with E-state index in [-0.39, 0.29) is 42.4 Å². The third-order valence-corrected chi connectivity index (χ3v) is 9.41. The Morgan fingerprint density at radius 2 is 1.74 bits per heavy atom. The minimum atomic E-state index is -0.354. The molecular weight excluding hydrogens is 496 g/mol. The highest BCUT2D eigenvalue weighted by Crippen LogP contribution is 2.44. The van der Waals surface area contributed by atoms with Crippen LogP contribution < -0.4 is 5.32 Å². The lowest BCUT2D eigenvalue weighted by molar-refractivity contribution is -0.136. The standard InChI is InChI=1S/C30H38N4O3S.H2/c1-21(2)12-18-34-28(36)26(38-29(34)23-9-4-3-5-10-23)20-27(35)32-16-14-24(15-17-32)33-19-13-22-8-6-7-11-25(22)31-30(33)37;/h3-11,21,24,26,29H,12-20H2,1-2H3,(H,31,37);1H. The average molecular weight is 537 g/mol. The number of anilines is 1. The number of amides is 4. The number of benzene rings is 2. The largest absolute Gasteiger partial charge is 0.342 e. The fraction of sp³-hybridized carbons (Fsp3) is 0.500. The predicted molar refractivity (Wildman–Crippen MR) is 154 cm³/mol. The zero-order valence-corrected chi connectivity index (χ0v) is 23.2. The van der Waals surface area contributed by atoms with Crippen molar-refractivity contribution in [3.05, 3.63) is 65.7 Å². The van der Waals surface area contributed by atoms with Crippen molar-refractivity contribution >= 4 is 35.3 Å². The van der Waals surface area contributed by atoms with Gasteiger partial charge in [0, 0.05) is 45.8 Å². The summed E-state index contributed by atoms with van der Waals surface area (Å²) in [5.74, 6) is 0.625. The van der Waals surface area contributed by atoms with Crippen molar-refractivity contribution in [1.82, 2.24) is 14.7 Å². The zero-order valence-electron chi connectivity index (χ0n) is 22.3. The van der Waals surface area contributed by atoms with Gasteiger partial charge in [-0.3, -0.25) is 9.59 Å². The number of urea groups is 1. The number of likely N-dealkylation sites (tertiary alicyclic amines) is 1. The maximum atomic E-state index is 13.4. The molecule has 3 heterocycles. The van der Waals surface area contributed by atoms with Gasteiger partial charge >= 0.3 is 6.03 Å². The van der Waals surface area contributed by atoms with Crippen LogP contribution in [0.25, 0.3) is 0 Å². The van der Waals surface area contributed by atoms with Gasteiger partial charge < -0.3 is 20.0 Å². The van der Waals surface area contributed by atoms with E-state index in [9.17, 15) is 14.4 Å². The van der Waals surface area contributed by atoms with Gasteiger partial charge in [0.2, 0.25) is 11.8 Å². The molecule has 38 heavy (non-hydrogen) atoms. The van der Waals surface area contributed by atoms with Crippen molar-refractivity contribution in [2.45, 2.75) is 62.6 Å². The molecule has 5 rings (SSSR count). The van der Waals surface area contributed by atoms with E-state index in [1.54, 1.807) is 11.8 Å². The van der Waals surface area contributed by atoms with Crippen LogP contribution in [0.3, 0.4) is 0 Å². The number of rotatable bonds is 7. The summed E-state index contributed by atoms with van der Waals surface area (Å²) in [6.45, 7) is 6.96. The van der Waals surface area contributed by atoms with Gasteiger partial charge in [-0.15, -0.1) is 11.8 Å². The minimum absolute atomic E-state index is 0. The molecule has 0 bridgehead atoms. The summed E-state index contributed by atoms with van der Waals surface area (Å²) in [5.41, 5.74) is 3.16. The van der Waals surface area contributed by atoms with Crippen LogP contribution in [0, 0.1) is 5.92 Å². The lowest BCUT2D eigenvalue weighted by atomic mass is 10.0. The summed E-state index contributed by atoms with van der Waals surface area (Å²) in [6.07, 6.45) is 3.52. The van der Waals surface area contributed by atoms with Crippen molar-refractivity contribution in [1.29, 1.82) is 0 Å². The summed E-state index contributed by atoms with van der Waals surface area (Å²) >= 11 is 1.61. The first-order chi connectivity index (χ1) is 18.4. The molecule has 3 aliphatic heterocycles. The Kier molecular flexibility index (Phi) is 8.27. The summed E-state index contributed by atoms with van der Waals surface area (Å²) in [7, 11) is 0. The topological polar surface area (TPSA) is 73.0 Å². The number of nitrogens with one attached hydrogen (secondary N) is 1. The average Bonchev–Trinajstić information content (AvgIpc) is 3.12. The highest BCUT2D eigenvalue weighted by molar-refractivity contribution is 8.01. The molecule has 7 nitrogen and oxygen atoms in total. The Bertz CT molecular complexity index is 1160. The Labute approximate surface area is 231 Å². The van der Waals surface area contributed by atoms with E-state index >= 15 is 0 Å². The molecule has 0 aromatic heterocycles. The van der Waals surface area contributed by atoms with Crippen LogP contribution in [0.2, 0.25) is 0 Å². The molecule has 3 aliphatic rings. The number of nitrogens with zero attached hydrogens (tertiary/aromatic N) is 3. The highest BCUT2D eigenvalue weighted by atomic mass is 32.2. The maximum Gasteiger partial charge on any atom is 0.322 e. The fourth-order valence-corrected chi connectivity index (χ4v) is 7.15. The number of hydrogen-bond acceptors (Lipinski definition) is 4. The summed E-state index contributed by atoms with van der Waals surface area (Å²) < 4.78 is 0. The Hall–Kier alpha value is -3.00. The first-order valence-electron chi connectivity index (χ1n) is 13.8. The molecule has 0 spiro atoms. The maximum absolute atomic E-state index is 13.4. The molecule has 4 amide bonds. The van der Waals surface area contributed by atoms with E-state index in [0.29, 0.717) is 32.1 Å². The number of hydrogen-bond donors (Lipinski definition) is 1. The molecular formula is C30H40N4O3S. The van der Waals surface area contributed by atoms with Gasteiger partial charge in [-0.2, -0.15) is 0 Å². The van der Waals surface area contributed by atoms with Gasteiger partial charge in [0.1, 0.15) is 5.37 Å². The zero-order chi connectivity index (χ0) is 26.6. The van der Waals surface area contributed by atoms with Crippen LogP contribution in [0.1, 0.15) is 57.5 Å². The Balaban J connectivity index is 0.00000353. The molecule has 204 valence electrons. The fourth-order valence-electron chi connectivity index (χ4n) is 5.68. The summed E-state index contributed by atoms with van der Waals surface area (Å²) in [6, 6.07) is 18.2. The molecule has 0 radical (unpaired) electrons. The highest BCUT2D eigenvalue weighted by Gasteiger charge is 2.42. The van der Waals surface area contributed by atoms with Gasteiger partial charge in [0.05, 0.1) is 5.25 Å². The van der Waals surface area contributed by atoms with Crippen LogP contribution in [-0.2, 0) is 16.0 Å². The van der Waals surface area contributed by atoms with Crippen molar-refractivity contribution in [3.8, 4) is 0 Å². The first kappa shape index (κ1) is 26.6. The van der Waals surface area contributed by atoms with Crippen molar-refractivity contribution in [3.63, 3.8) is 0 Å². The molecule has 2 unspecified atom stereocenters. The van der Waals surface area contributed by atoms with E-state index in [1.165, 1.54) is 0 Å². The summed E-state index contributed by atoms with van der Waals surface area (Å²) in [4.78, 5) is 45.5. The molecule has 0 saturated carbocycles. The minimum Gasteiger partial charge on any atom is -0.342 e. The van der Waals surface area contributed by atoms with Crippen LogP contribution in [0.5, 0.6) is 0 Å². The van der Waals surface area contributed by atoms with Crippen molar-refractivity contribution < 1.29 is 15.8 Å². The van der Waals surface area contributed by atoms with Crippen LogP contribution in [0.15, 0.2) is 54.6 Å². The predicted octanol–water partition coefficient (Wildman–Crippen LogP) is 5.39. The van der Waals surface area contributed by atoms with E-state index in [0.717, 1.165) is 42.5 Å². The monoisotopic (exact) mass is 536 g/mol. The first-order valence-corrected chi connectivity index (χ1v) is 14.8. The lowest BCUT2D eigenvalue weighted by Crippen LogP contribution is -2.50. The molecule has 2 fully saturated rings. The molecule has 2 saturated heterocycles. The second-order valence-corrected chi connectivity index (χ2v) is 12.2. The normalized spacial score (nSPS) is 22.4. The molecule has 2 aromatic rings. The number of fused-ring (bicyclic) bond motifs is 1. The molecule has 0 aliphatic carbocycles. The smallest absolute Gasteiger partial charge is 0.322 e. The Morgan fingerprint density at radius 3 is 2.47 bits per heavy atom. The number of piperidine rings is 1. The Morgan fingerprint density at radius 1 is 1.03 bits per heavy atom. The second kappa shape index (κ2) is 11.8. The number of carbonyl (C=O) groups is 3. The third-order valence-electron chi connectivity index (χ3n) is 7.93. The second-order valence-electron chi connectivity index (χ2n) is 10.9. The van der Waals surface area contributed by atoms with Gasteiger partial charge in [-0.05, 0) is 48.8 Å². The van der Waals surface area contributed by atoms with E-state index in [1.807, 2.05) is 51.1 Å². The van der Waals surface area contributed by atoms with Gasteiger partial charge in [-0.25, -0.2) is 4.79 Å². The summed E-state index contributed by atoms with van der Waals surface area (Å²) in [5, 5.41) is 2.66. The van der Waals surface area contributed by atoms with Crippen LogP contribution in [-0.4, -0.2) is 70.0 Å². The van der Waals surface area contributed by atoms with Gasteiger partial charge in [0.25, 0.3) is 0 Å². The molecule has 8 heteroatoms. The quantitative estimate of drug-likeness (QED) is 0.515. The van der Waals surface area contributed by atoms with Gasteiger partial charge in [-0.1, -0.05) is 62.4 Å². The van der Waals surface area contributed by atoms with Crippen molar-refractivity contribution in [2.75, 3.05) is 31.5 Å². The van der Waals surface area contributed by atoms with E-state index in [2.05, 4.69) is 37.4 Å². The van der Waals surface area contributed by atoms with E-state index < -0.39 is 0 Å². The van der Waals surface area contributed by atoms with Crippen LogP contribution >= 0.6 is 11.8 Å². The molecule has 1 N–H and O–H groups in total. The molecule has 2 atom stereocenters. The number of thioether (sulfide) groups is 1. The number of para-hydroxylation sites is 1. The SMILES string of the molecule is CC(C)CCN1C(=O)C(CC(=O)N2CCC(N3CCc4ccccc4NC3=O)CC2)SC1c1ccccc1.[HH]. The van der Waals surface area contributed by atoms with Crippen LogP contribution in [0.4, 0.5) is 10.5 Å². The van der Waals surface area contributed by atoms with E-state index in [4.69, 9.17) is 0 Å². The third kappa shape index (κ3) is 5.85. The number of carbonyl (C=O) groups excluding carboxylic acids is 3. The van der Waals surface area contributed by atoms with Crippen molar-refractivity contribution in [2.24, 2.45) is 5.92 Å². The lowest BCUT2D eigenvalue weighted by Gasteiger charge is -2.38. The molecule has 2 aromatic carbocycles.